The van der Waals surface area contributed by atoms with E-state index < -0.39 is 0 Å². The number of aromatic nitrogens is 3. The monoisotopic (exact) mass is 528 g/mol. The Labute approximate surface area is 195 Å². The highest BCUT2D eigenvalue weighted by Gasteiger charge is 2.24. The van der Waals surface area contributed by atoms with Crippen LogP contribution in [0.3, 0.4) is 0 Å². The standard InChI is InChI=1S/C21H32N6O2.HI/c1-2-22-21(23-11-8-20-25-24-19-7-3-4-12-27(19)20)26-13-9-17(10-14-26)29-16-18-6-5-15-28-18;/h3-4,7,12,17-18H,2,5-6,8-11,13-16H2,1H3,(H,22,23);1H. The van der Waals surface area contributed by atoms with E-state index in [0.717, 1.165) is 76.0 Å². The smallest absolute Gasteiger partial charge is 0.193 e. The van der Waals surface area contributed by atoms with Crippen LogP contribution in [0.15, 0.2) is 29.4 Å². The minimum atomic E-state index is 0. The molecule has 166 valence electrons. The van der Waals surface area contributed by atoms with E-state index in [1.807, 2.05) is 28.8 Å². The molecule has 1 unspecified atom stereocenters. The number of halogens is 1. The van der Waals surface area contributed by atoms with E-state index in [2.05, 4.69) is 27.3 Å². The van der Waals surface area contributed by atoms with Gasteiger partial charge in [-0.3, -0.25) is 9.39 Å². The van der Waals surface area contributed by atoms with E-state index in [0.29, 0.717) is 18.8 Å². The van der Waals surface area contributed by atoms with Gasteiger partial charge in [-0.05, 0) is 44.7 Å². The normalized spacial score (nSPS) is 20.5. The van der Waals surface area contributed by atoms with Crippen LogP contribution >= 0.6 is 24.0 Å². The topological polar surface area (TPSA) is 76.3 Å². The molecule has 0 saturated carbocycles. The summed E-state index contributed by atoms with van der Waals surface area (Å²) in [6, 6.07) is 5.94. The van der Waals surface area contributed by atoms with Crippen LogP contribution in [-0.4, -0.2) is 77.1 Å². The second kappa shape index (κ2) is 11.8. The van der Waals surface area contributed by atoms with Gasteiger partial charge in [0, 0.05) is 45.4 Å². The van der Waals surface area contributed by atoms with Gasteiger partial charge in [0.1, 0.15) is 5.82 Å². The summed E-state index contributed by atoms with van der Waals surface area (Å²) in [5.74, 6) is 1.93. The van der Waals surface area contributed by atoms with Gasteiger partial charge in [-0.1, -0.05) is 6.07 Å². The average Bonchev–Trinajstić information content (AvgIpc) is 3.42. The van der Waals surface area contributed by atoms with E-state index in [-0.39, 0.29) is 24.0 Å². The molecule has 2 aromatic heterocycles. The first-order chi connectivity index (χ1) is 14.3. The summed E-state index contributed by atoms with van der Waals surface area (Å²) in [5.41, 5.74) is 0.878. The molecule has 0 amide bonds. The molecule has 0 radical (unpaired) electrons. The molecule has 0 bridgehead atoms. The van der Waals surface area contributed by atoms with Crippen molar-refractivity contribution in [3.8, 4) is 0 Å². The van der Waals surface area contributed by atoms with E-state index in [9.17, 15) is 0 Å². The number of fused-ring (bicyclic) bond motifs is 1. The molecule has 2 aromatic rings. The third-order valence-electron chi connectivity index (χ3n) is 5.60. The van der Waals surface area contributed by atoms with Gasteiger partial charge in [-0.2, -0.15) is 0 Å². The molecule has 1 N–H and O–H groups in total. The van der Waals surface area contributed by atoms with Gasteiger partial charge in [0.25, 0.3) is 0 Å². The Balaban J connectivity index is 0.00000256. The molecule has 4 rings (SSSR count). The molecular weight excluding hydrogens is 495 g/mol. The van der Waals surface area contributed by atoms with Crippen molar-refractivity contribution in [3.63, 3.8) is 0 Å². The summed E-state index contributed by atoms with van der Waals surface area (Å²) in [5, 5.41) is 11.9. The van der Waals surface area contributed by atoms with Crippen LogP contribution in [0, 0.1) is 0 Å². The summed E-state index contributed by atoms with van der Waals surface area (Å²) in [7, 11) is 0. The number of aliphatic imine (C=N–C) groups is 1. The zero-order valence-corrected chi connectivity index (χ0v) is 20.0. The lowest BCUT2D eigenvalue weighted by atomic mass is 10.1. The molecular formula is C21H33IN6O2. The van der Waals surface area contributed by atoms with Crippen molar-refractivity contribution >= 4 is 35.6 Å². The number of piperidine rings is 1. The molecule has 2 aliphatic rings. The van der Waals surface area contributed by atoms with Crippen LogP contribution in [0.2, 0.25) is 0 Å². The average molecular weight is 528 g/mol. The highest BCUT2D eigenvalue weighted by atomic mass is 127. The number of likely N-dealkylation sites (tertiary alicyclic amines) is 1. The molecule has 0 aliphatic carbocycles. The fourth-order valence-corrected chi connectivity index (χ4v) is 4.00. The number of nitrogens with one attached hydrogen (secondary N) is 1. The van der Waals surface area contributed by atoms with Gasteiger partial charge in [0.05, 0.1) is 18.8 Å². The second-order valence-electron chi connectivity index (χ2n) is 7.69. The lowest BCUT2D eigenvalue weighted by Crippen LogP contribution is -2.47. The molecule has 2 aliphatic heterocycles. The lowest BCUT2D eigenvalue weighted by Gasteiger charge is -2.34. The maximum Gasteiger partial charge on any atom is 0.193 e. The van der Waals surface area contributed by atoms with Gasteiger partial charge < -0.3 is 19.7 Å². The molecule has 4 heterocycles. The van der Waals surface area contributed by atoms with E-state index in [4.69, 9.17) is 14.5 Å². The largest absolute Gasteiger partial charge is 0.376 e. The summed E-state index contributed by atoms with van der Waals surface area (Å²) >= 11 is 0. The molecule has 2 saturated heterocycles. The Morgan fingerprint density at radius 2 is 2.13 bits per heavy atom. The van der Waals surface area contributed by atoms with E-state index in [1.165, 1.54) is 6.42 Å². The van der Waals surface area contributed by atoms with Gasteiger partial charge in [0.2, 0.25) is 0 Å². The number of hydrogen-bond donors (Lipinski definition) is 1. The number of pyridine rings is 1. The quantitative estimate of drug-likeness (QED) is 0.338. The van der Waals surface area contributed by atoms with Gasteiger partial charge in [-0.25, -0.2) is 0 Å². The van der Waals surface area contributed by atoms with Crippen molar-refractivity contribution in [1.29, 1.82) is 0 Å². The lowest BCUT2D eigenvalue weighted by molar-refractivity contribution is -0.0367. The summed E-state index contributed by atoms with van der Waals surface area (Å²) in [6.07, 6.45) is 7.78. The summed E-state index contributed by atoms with van der Waals surface area (Å²) in [6.45, 7) is 7.23. The van der Waals surface area contributed by atoms with Crippen molar-refractivity contribution in [3.05, 3.63) is 30.2 Å². The van der Waals surface area contributed by atoms with Crippen LogP contribution in [-0.2, 0) is 15.9 Å². The number of nitrogens with zero attached hydrogens (tertiary/aromatic N) is 5. The van der Waals surface area contributed by atoms with Gasteiger partial charge in [0.15, 0.2) is 11.6 Å². The Morgan fingerprint density at radius 3 is 2.90 bits per heavy atom. The third-order valence-corrected chi connectivity index (χ3v) is 5.60. The Bertz CT molecular complexity index is 800. The van der Waals surface area contributed by atoms with Crippen molar-refractivity contribution in [2.75, 3.05) is 39.4 Å². The van der Waals surface area contributed by atoms with Crippen LogP contribution in [0.1, 0.15) is 38.4 Å². The number of hydrogen-bond acceptors (Lipinski definition) is 5. The molecule has 8 nitrogen and oxygen atoms in total. The second-order valence-corrected chi connectivity index (χ2v) is 7.69. The van der Waals surface area contributed by atoms with Crippen LogP contribution in [0.5, 0.6) is 0 Å². The van der Waals surface area contributed by atoms with Crippen LogP contribution < -0.4 is 5.32 Å². The Kier molecular flexibility index (Phi) is 9.13. The minimum Gasteiger partial charge on any atom is -0.376 e. The van der Waals surface area contributed by atoms with Crippen molar-refractivity contribution in [2.24, 2.45) is 4.99 Å². The van der Waals surface area contributed by atoms with Crippen molar-refractivity contribution < 1.29 is 9.47 Å². The minimum absolute atomic E-state index is 0. The predicted octanol–water partition coefficient (Wildman–Crippen LogP) is 2.52. The number of ether oxygens (including phenoxy) is 2. The first-order valence-corrected chi connectivity index (χ1v) is 10.9. The predicted molar refractivity (Wildman–Crippen MR) is 128 cm³/mol. The first-order valence-electron chi connectivity index (χ1n) is 10.9. The molecule has 1 atom stereocenters. The fourth-order valence-electron chi connectivity index (χ4n) is 4.00. The maximum atomic E-state index is 6.10. The molecule has 30 heavy (non-hydrogen) atoms. The number of rotatable bonds is 7. The van der Waals surface area contributed by atoms with Crippen LogP contribution in [0.25, 0.3) is 5.65 Å². The molecule has 2 fully saturated rings. The van der Waals surface area contributed by atoms with E-state index >= 15 is 0 Å². The van der Waals surface area contributed by atoms with Crippen molar-refractivity contribution in [2.45, 2.75) is 51.2 Å². The summed E-state index contributed by atoms with van der Waals surface area (Å²) in [4.78, 5) is 7.19. The molecule has 0 spiro atoms. The highest BCUT2D eigenvalue weighted by molar-refractivity contribution is 14.0. The number of guanidine groups is 1. The molecule has 0 aromatic carbocycles. The zero-order chi connectivity index (χ0) is 19.9. The highest BCUT2D eigenvalue weighted by Crippen LogP contribution is 2.18. The zero-order valence-electron chi connectivity index (χ0n) is 17.7. The SMILES string of the molecule is CCNC(=NCCc1nnc2ccccn12)N1CCC(OCC2CCCO2)CC1.I. The van der Waals surface area contributed by atoms with Crippen LogP contribution in [0.4, 0.5) is 0 Å². The Hall–Kier alpha value is -1.46. The third kappa shape index (κ3) is 6.04. The summed E-state index contributed by atoms with van der Waals surface area (Å²) < 4.78 is 13.8. The van der Waals surface area contributed by atoms with E-state index in [1.54, 1.807) is 0 Å². The maximum absolute atomic E-state index is 6.10. The van der Waals surface area contributed by atoms with Gasteiger partial charge >= 0.3 is 0 Å². The first kappa shape index (κ1) is 23.2. The molecule has 9 heteroatoms. The van der Waals surface area contributed by atoms with Crippen molar-refractivity contribution in [1.82, 2.24) is 24.8 Å². The fraction of sp³-hybridized carbons (Fsp3) is 0.667. The van der Waals surface area contributed by atoms with Gasteiger partial charge in [-0.15, -0.1) is 34.2 Å². The Morgan fingerprint density at radius 1 is 1.27 bits per heavy atom.